The van der Waals surface area contributed by atoms with Crippen molar-refractivity contribution in [1.82, 2.24) is 0 Å². The highest BCUT2D eigenvalue weighted by molar-refractivity contribution is 6.35. The van der Waals surface area contributed by atoms with Gasteiger partial charge in [0.15, 0.2) is 0 Å². The van der Waals surface area contributed by atoms with E-state index in [0.29, 0.717) is 23.3 Å². The molecule has 0 radical (unpaired) electrons. The average molecular weight is 288 g/mol. The Morgan fingerprint density at radius 1 is 1.11 bits per heavy atom. The lowest BCUT2D eigenvalue weighted by Crippen LogP contribution is -2.46. The summed E-state index contributed by atoms with van der Waals surface area (Å²) in [6.45, 7) is 1.01. The molecule has 2 N–H and O–H groups in total. The maximum atomic E-state index is 6.31. The summed E-state index contributed by atoms with van der Waals surface area (Å²) < 4.78 is 5.73. The maximum Gasteiger partial charge on any atom is 0.0746 e. The van der Waals surface area contributed by atoms with Crippen LogP contribution in [0.3, 0.4) is 0 Å². The van der Waals surface area contributed by atoms with Crippen LogP contribution in [-0.4, -0.2) is 12.1 Å². The third-order valence-electron chi connectivity index (χ3n) is 3.55. The molecule has 100 valence electrons. The fraction of sp³-hybridized carbons (Fsp3) is 0.571. The van der Waals surface area contributed by atoms with E-state index in [0.717, 1.165) is 18.4 Å². The van der Waals surface area contributed by atoms with Gasteiger partial charge in [0.25, 0.3) is 0 Å². The fourth-order valence-corrected chi connectivity index (χ4v) is 2.93. The van der Waals surface area contributed by atoms with Gasteiger partial charge in [0, 0.05) is 21.1 Å². The summed E-state index contributed by atoms with van der Waals surface area (Å²) in [5.74, 6) is 0. The smallest absolute Gasteiger partial charge is 0.0746 e. The Morgan fingerprint density at radius 3 is 2.33 bits per heavy atom. The molecule has 2 rings (SSSR count). The molecular weight excluding hydrogens is 269 g/mol. The van der Waals surface area contributed by atoms with Crippen molar-refractivity contribution >= 4 is 23.2 Å². The summed E-state index contributed by atoms with van der Waals surface area (Å²) in [4.78, 5) is 0. The van der Waals surface area contributed by atoms with Crippen molar-refractivity contribution in [3.8, 4) is 0 Å². The number of rotatable bonds is 4. The van der Waals surface area contributed by atoms with Gasteiger partial charge >= 0.3 is 0 Å². The Labute approximate surface area is 118 Å². The minimum absolute atomic E-state index is 0.161. The second-order valence-corrected chi connectivity index (χ2v) is 5.93. The summed E-state index contributed by atoms with van der Waals surface area (Å²) in [5, 5.41) is 1.30. The molecule has 0 spiro atoms. The van der Waals surface area contributed by atoms with Crippen LogP contribution in [-0.2, 0) is 11.3 Å². The Morgan fingerprint density at radius 2 is 1.72 bits per heavy atom. The summed E-state index contributed by atoms with van der Waals surface area (Å²) in [7, 11) is 0. The van der Waals surface area contributed by atoms with Gasteiger partial charge in [0.1, 0.15) is 0 Å². The van der Waals surface area contributed by atoms with Crippen LogP contribution in [0.1, 0.15) is 37.7 Å². The monoisotopic (exact) mass is 287 g/mol. The average Bonchev–Trinajstić information content (AvgIpc) is 2.34. The van der Waals surface area contributed by atoms with Crippen molar-refractivity contribution in [3.63, 3.8) is 0 Å². The van der Waals surface area contributed by atoms with E-state index in [-0.39, 0.29) is 5.54 Å². The lowest BCUT2D eigenvalue weighted by molar-refractivity contribution is 0.0575. The first-order valence-corrected chi connectivity index (χ1v) is 7.16. The van der Waals surface area contributed by atoms with Crippen molar-refractivity contribution in [1.29, 1.82) is 0 Å². The van der Waals surface area contributed by atoms with E-state index in [9.17, 15) is 0 Å². The minimum atomic E-state index is -0.161. The predicted octanol–water partition coefficient (Wildman–Crippen LogP) is 4.17. The summed E-state index contributed by atoms with van der Waals surface area (Å²) in [6, 6.07) is 5.48. The highest BCUT2D eigenvalue weighted by atomic mass is 35.5. The molecule has 1 fully saturated rings. The van der Waals surface area contributed by atoms with E-state index in [2.05, 4.69) is 0 Å². The number of nitrogens with two attached hydrogens (primary N) is 1. The number of halogens is 2. The normalized spacial score (nSPS) is 18.8. The van der Waals surface area contributed by atoms with E-state index in [1.165, 1.54) is 19.3 Å². The molecule has 0 saturated heterocycles. The third-order valence-corrected chi connectivity index (χ3v) is 4.26. The molecule has 0 bridgehead atoms. The summed E-state index contributed by atoms with van der Waals surface area (Å²) >= 11 is 12.2. The van der Waals surface area contributed by atoms with E-state index < -0.39 is 0 Å². The molecule has 1 aliphatic rings. The Bertz CT molecular complexity index is 383. The molecule has 0 aromatic heterocycles. The third kappa shape index (κ3) is 3.61. The first kappa shape index (κ1) is 14.1. The van der Waals surface area contributed by atoms with Gasteiger partial charge in [-0.3, -0.25) is 0 Å². The Balaban J connectivity index is 1.88. The summed E-state index contributed by atoms with van der Waals surface area (Å²) in [5.41, 5.74) is 7.00. The van der Waals surface area contributed by atoms with Crippen LogP contribution in [0.5, 0.6) is 0 Å². The Kier molecular flexibility index (Phi) is 4.91. The van der Waals surface area contributed by atoms with Gasteiger partial charge in [-0.15, -0.1) is 0 Å². The van der Waals surface area contributed by atoms with Gasteiger partial charge in [-0.25, -0.2) is 0 Å². The van der Waals surface area contributed by atoms with Gasteiger partial charge in [-0.1, -0.05) is 48.5 Å². The van der Waals surface area contributed by atoms with Crippen LogP contribution >= 0.6 is 23.2 Å². The molecule has 0 aliphatic heterocycles. The van der Waals surface area contributed by atoms with Gasteiger partial charge in [-0.05, 0) is 25.0 Å². The SMILES string of the molecule is NC1(COCc2c(Cl)cccc2Cl)CCCCC1. The molecule has 0 atom stereocenters. The molecule has 2 nitrogen and oxygen atoms in total. The van der Waals surface area contributed by atoms with E-state index >= 15 is 0 Å². The minimum Gasteiger partial charge on any atom is -0.375 e. The van der Waals surface area contributed by atoms with E-state index in [4.69, 9.17) is 33.7 Å². The quantitative estimate of drug-likeness (QED) is 0.902. The number of benzene rings is 1. The highest BCUT2D eigenvalue weighted by Crippen LogP contribution is 2.28. The molecule has 4 heteroatoms. The van der Waals surface area contributed by atoms with Gasteiger partial charge < -0.3 is 10.5 Å². The zero-order chi connectivity index (χ0) is 13.0. The van der Waals surface area contributed by atoms with Crippen molar-refractivity contribution in [2.75, 3.05) is 6.61 Å². The van der Waals surface area contributed by atoms with Crippen molar-refractivity contribution in [3.05, 3.63) is 33.8 Å². The predicted molar refractivity (Wildman–Crippen MR) is 76.1 cm³/mol. The summed E-state index contributed by atoms with van der Waals surface area (Å²) in [6.07, 6.45) is 5.78. The topological polar surface area (TPSA) is 35.2 Å². The van der Waals surface area contributed by atoms with Crippen LogP contribution in [0, 0.1) is 0 Å². The van der Waals surface area contributed by atoms with Crippen LogP contribution in [0.15, 0.2) is 18.2 Å². The van der Waals surface area contributed by atoms with E-state index in [1.54, 1.807) is 0 Å². The molecule has 1 aliphatic carbocycles. The molecule has 0 heterocycles. The fourth-order valence-electron chi connectivity index (χ4n) is 2.43. The zero-order valence-corrected chi connectivity index (χ0v) is 11.9. The van der Waals surface area contributed by atoms with Gasteiger partial charge in [0.2, 0.25) is 0 Å². The van der Waals surface area contributed by atoms with Gasteiger partial charge in [0.05, 0.1) is 13.2 Å². The van der Waals surface area contributed by atoms with Crippen LogP contribution in [0.2, 0.25) is 10.0 Å². The van der Waals surface area contributed by atoms with Crippen LogP contribution in [0.4, 0.5) is 0 Å². The van der Waals surface area contributed by atoms with Crippen molar-refractivity contribution < 1.29 is 4.74 Å². The highest BCUT2D eigenvalue weighted by Gasteiger charge is 2.27. The maximum absolute atomic E-state index is 6.31. The lowest BCUT2D eigenvalue weighted by atomic mass is 9.83. The van der Waals surface area contributed by atoms with Gasteiger partial charge in [-0.2, -0.15) is 0 Å². The molecule has 18 heavy (non-hydrogen) atoms. The molecular formula is C14H19Cl2NO. The second kappa shape index (κ2) is 6.25. The molecule has 1 aromatic rings. The first-order chi connectivity index (χ1) is 8.61. The van der Waals surface area contributed by atoms with Crippen LogP contribution in [0.25, 0.3) is 0 Å². The van der Waals surface area contributed by atoms with Crippen molar-refractivity contribution in [2.45, 2.75) is 44.2 Å². The second-order valence-electron chi connectivity index (χ2n) is 5.12. The number of ether oxygens (including phenoxy) is 1. The standard InChI is InChI=1S/C14H19Cl2NO/c15-12-5-4-6-13(16)11(12)9-18-10-14(17)7-2-1-3-8-14/h4-6H,1-3,7-10,17H2. The number of hydrogen-bond donors (Lipinski definition) is 1. The molecule has 1 saturated carbocycles. The first-order valence-electron chi connectivity index (χ1n) is 6.40. The molecule has 0 amide bonds. The largest absolute Gasteiger partial charge is 0.375 e. The Hall–Kier alpha value is -0.280. The number of hydrogen-bond acceptors (Lipinski definition) is 2. The zero-order valence-electron chi connectivity index (χ0n) is 10.4. The molecule has 1 aromatic carbocycles. The van der Waals surface area contributed by atoms with Crippen molar-refractivity contribution in [2.24, 2.45) is 5.73 Å². The lowest BCUT2D eigenvalue weighted by Gasteiger charge is -2.33. The van der Waals surface area contributed by atoms with E-state index in [1.807, 2.05) is 18.2 Å². The van der Waals surface area contributed by atoms with Crippen LogP contribution < -0.4 is 5.73 Å². The molecule has 0 unspecified atom stereocenters.